The number of rotatable bonds is 2. The van der Waals surface area contributed by atoms with Crippen LogP contribution in [0, 0.1) is 11.3 Å². The molecule has 0 amide bonds. The average molecular weight is 309 g/mol. The predicted molar refractivity (Wildman–Crippen MR) is 71.4 cm³/mol. The number of aromatic nitrogens is 1. The number of halogens is 2. The number of anilines is 2. The third-order valence-corrected chi connectivity index (χ3v) is 3.08. The molecule has 2 aromatic rings. The molecule has 0 aliphatic carbocycles. The second kappa shape index (κ2) is 5.17. The molecule has 5 heteroatoms. The van der Waals surface area contributed by atoms with Crippen LogP contribution in [-0.2, 0) is 0 Å². The molecule has 0 atom stereocenters. The number of nitrogens with one attached hydrogen (secondary N) is 1. The van der Waals surface area contributed by atoms with E-state index < -0.39 is 0 Å². The molecule has 84 valence electrons. The number of hydrogen-bond donors (Lipinski definition) is 1. The summed E-state index contributed by atoms with van der Waals surface area (Å²) in [5.41, 5.74) is 2.15. The molecule has 0 radical (unpaired) electrons. The van der Waals surface area contributed by atoms with E-state index in [1.54, 1.807) is 30.6 Å². The summed E-state index contributed by atoms with van der Waals surface area (Å²) in [7, 11) is 0. The lowest BCUT2D eigenvalue weighted by molar-refractivity contribution is 1.30. The SMILES string of the molecule is N#Cc1ccc(Nc2ccncc2Br)c(Cl)c1. The van der Waals surface area contributed by atoms with E-state index in [-0.39, 0.29) is 0 Å². The van der Waals surface area contributed by atoms with E-state index in [1.165, 1.54) is 0 Å². The van der Waals surface area contributed by atoms with Gasteiger partial charge in [0.15, 0.2) is 0 Å². The number of nitriles is 1. The van der Waals surface area contributed by atoms with Gasteiger partial charge in [-0.25, -0.2) is 0 Å². The van der Waals surface area contributed by atoms with Gasteiger partial charge in [-0.2, -0.15) is 5.26 Å². The van der Waals surface area contributed by atoms with Crippen molar-refractivity contribution >= 4 is 38.9 Å². The van der Waals surface area contributed by atoms with E-state index in [2.05, 4.69) is 26.2 Å². The highest BCUT2D eigenvalue weighted by Crippen LogP contribution is 2.29. The van der Waals surface area contributed by atoms with Gasteiger partial charge in [0.2, 0.25) is 0 Å². The van der Waals surface area contributed by atoms with E-state index in [9.17, 15) is 0 Å². The molecule has 2 rings (SSSR count). The average Bonchev–Trinajstić information content (AvgIpc) is 2.34. The maximum atomic E-state index is 8.74. The second-order valence-electron chi connectivity index (χ2n) is 3.29. The molecule has 0 saturated carbocycles. The minimum absolute atomic E-state index is 0.507. The normalized spacial score (nSPS) is 9.71. The Balaban J connectivity index is 2.32. The summed E-state index contributed by atoms with van der Waals surface area (Å²) >= 11 is 9.45. The van der Waals surface area contributed by atoms with Crippen LogP contribution in [0.15, 0.2) is 41.1 Å². The molecule has 0 spiro atoms. The first kappa shape index (κ1) is 11.9. The standard InChI is InChI=1S/C12H7BrClN3/c13-9-7-16-4-3-11(9)17-12-2-1-8(6-15)5-10(12)14/h1-5,7H,(H,16,17). The van der Waals surface area contributed by atoms with Crippen LogP contribution in [0.2, 0.25) is 5.02 Å². The van der Waals surface area contributed by atoms with Crippen molar-refractivity contribution in [3.63, 3.8) is 0 Å². The van der Waals surface area contributed by atoms with Crippen LogP contribution in [0.3, 0.4) is 0 Å². The van der Waals surface area contributed by atoms with E-state index in [0.717, 1.165) is 15.8 Å². The van der Waals surface area contributed by atoms with Crippen molar-refractivity contribution in [1.82, 2.24) is 4.98 Å². The molecule has 1 N–H and O–H groups in total. The third kappa shape index (κ3) is 2.76. The predicted octanol–water partition coefficient (Wildman–Crippen LogP) is 4.11. The Labute approximate surface area is 112 Å². The molecule has 0 unspecified atom stereocenters. The van der Waals surface area contributed by atoms with Gasteiger partial charge in [0.25, 0.3) is 0 Å². The molecule has 1 aromatic heterocycles. The Morgan fingerprint density at radius 3 is 2.76 bits per heavy atom. The van der Waals surface area contributed by atoms with Crippen LogP contribution in [-0.4, -0.2) is 4.98 Å². The fraction of sp³-hybridized carbons (Fsp3) is 0. The zero-order chi connectivity index (χ0) is 12.3. The molecule has 3 nitrogen and oxygen atoms in total. The largest absolute Gasteiger partial charge is 0.353 e. The van der Waals surface area contributed by atoms with Crippen molar-refractivity contribution in [2.45, 2.75) is 0 Å². The molecule has 0 aliphatic rings. The van der Waals surface area contributed by atoms with Crippen molar-refractivity contribution < 1.29 is 0 Å². The summed E-state index contributed by atoms with van der Waals surface area (Å²) < 4.78 is 0.848. The monoisotopic (exact) mass is 307 g/mol. The summed E-state index contributed by atoms with van der Waals surface area (Å²) in [6.07, 6.45) is 3.38. The van der Waals surface area contributed by atoms with Gasteiger partial charge in [-0.15, -0.1) is 0 Å². The van der Waals surface area contributed by atoms with E-state index in [1.807, 2.05) is 12.1 Å². The lowest BCUT2D eigenvalue weighted by Crippen LogP contribution is -1.93. The minimum Gasteiger partial charge on any atom is -0.353 e. The third-order valence-electron chi connectivity index (χ3n) is 2.14. The minimum atomic E-state index is 0.507. The second-order valence-corrected chi connectivity index (χ2v) is 4.55. The Kier molecular flexibility index (Phi) is 3.62. The molecule has 1 aromatic carbocycles. The van der Waals surface area contributed by atoms with Crippen molar-refractivity contribution in [2.75, 3.05) is 5.32 Å². The Bertz CT molecular complexity index is 593. The van der Waals surface area contributed by atoms with Crippen LogP contribution in [0.5, 0.6) is 0 Å². The molecule has 0 saturated heterocycles. The lowest BCUT2D eigenvalue weighted by Gasteiger charge is -2.09. The number of nitrogens with zero attached hydrogens (tertiary/aromatic N) is 2. The zero-order valence-electron chi connectivity index (χ0n) is 8.61. The first-order valence-electron chi connectivity index (χ1n) is 4.77. The molecule has 17 heavy (non-hydrogen) atoms. The van der Waals surface area contributed by atoms with Gasteiger partial charge in [0.05, 0.1) is 32.5 Å². The Morgan fingerprint density at radius 2 is 2.12 bits per heavy atom. The van der Waals surface area contributed by atoms with E-state index in [0.29, 0.717) is 10.6 Å². The molecular weight excluding hydrogens is 302 g/mol. The number of pyridine rings is 1. The van der Waals surface area contributed by atoms with Crippen molar-refractivity contribution in [3.8, 4) is 6.07 Å². The Hall–Kier alpha value is -1.57. The highest BCUT2D eigenvalue weighted by molar-refractivity contribution is 9.10. The van der Waals surface area contributed by atoms with Gasteiger partial charge in [0, 0.05) is 12.4 Å². The first-order chi connectivity index (χ1) is 8.20. The summed E-state index contributed by atoms with van der Waals surface area (Å²) in [4.78, 5) is 3.97. The molecule has 0 aliphatic heterocycles. The van der Waals surface area contributed by atoms with Crippen molar-refractivity contribution in [1.29, 1.82) is 5.26 Å². The lowest BCUT2D eigenvalue weighted by atomic mass is 10.2. The quantitative estimate of drug-likeness (QED) is 0.908. The molecular formula is C12H7BrClN3. The highest BCUT2D eigenvalue weighted by Gasteiger charge is 2.04. The molecule has 0 fully saturated rings. The van der Waals surface area contributed by atoms with Gasteiger partial charge >= 0.3 is 0 Å². The van der Waals surface area contributed by atoms with Gasteiger partial charge in [-0.1, -0.05) is 11.6 Å². The number of hydrogen-bond acceptors (Lipinski definition) is 3. The summed E-state index contributed by atoms with van der Waals surface area (Å²) in [5.74, 6) is 0. The maximum Gasteiger partial charge on any atom is 0.0992 e. The van der Waals surface area contributed by atoms with Crippen LogP contribution in [0.1, 0.15) is 5.56 Å². The number of benzene rings is 1. The Morgan fingerprint density at radius 1 is 1.29 bits per heavy atom. The summed E-state index contributed by atoms with van der Waals surface area (Å²) in [6.45, 7) is 0. The molecule has 1 heterocycles. The fourth-order valence-electron chi connectivity index (χ4n) is 1.31. The van der Waals surface area contributed by atoms with Gasteiger partial charge in [0.1, 0.15) is 0 Å². The maximum absolute atomic E-state index is 8.74. The van der Waals surface area contributed by atoms with E-state index in [4.69, 9.17) is 16.9 Å². The van der Waals surface area contributed by atoms with Crippen LogP contribution in [0.25, 0.3) is 0 Å². The topological polar surface area (TPSA) is 48.7 Å². The highest BCUT2D eigenvalue weighted by atomic mass is 79.9. The smallest absolute Gasteiger partial charge is 0.0992 e. The van der Waals surface area contributed by atoms with Crippen LogP contribution < -0.4 is 5.32 Å². The molecule has 0 bridgehead atoms. The van der Waals surface area contributed by atoms with Crippen molar-refractivity contribution in [2.24, 2.45) is 0 Å². The fourth-order valence-corrected chi connectivity index (χ4v) is 1.88. The van der Waals surface area contributed by atoms with E-state index >= 15 is 0 Å². The summed E-state index contributed by atoms with van der Waals surface area (Å²) in [5, 5.41) is 12.4. The van der Waals surface area contributed by atoms with Gasteiger partial charge < -0.3 is 5.32 Å². The van der Waals surface area contributed by atoms with Gasteiger partial charge in [-0.3, -0.25) is 4.98 Å². The summed E-state index contributed by atoms with van der Waals surface area (Å²) in [6, 6.07) is 8.98. The van der Waals surface area contributed by atoms with Crippen LogP contribution >= 0.6 is 27.5 Å². The zero-order valence-corrected chi connectivity index (χ0v) is 11.0. The van der Waals surface area contributed by atoms with Crippen molar-refractivity contribution in [3.05, 3.63) is 51.7 Å². The van der Waals surface area contributed by atoms with Crippen LogP contribution in [0.4, 0.5) is 11.4 Å². The first-order valence-corrected chi connectivity index (χ1v) is 5.94. The van der Waals surface area contributed by atoms with Gasteiger partial charge in [-0.05, 0) is 40.2 Å².